The summed E-state index contributed by atoms with van der Waals surface area (Å²) in [5, 5.41) is 18.6. The zero-order chi connectivity index (χ0) is 26.9. The summed E-state index contributed by atoms with van der Waals surface area (Å²) < 4.78 is 72.8. The van der Waals surface area contributed by atoms with Crippen LogP contribution in [-0.2, 0) is 19.6 Å². The summed E-state index contributed by atoms with van der Waals surface area (Å²) in [4.78, 5) is 24.8. The third-order valence-electron chi connectivity index (χ3n) is 5.03. The average Bonchev–Trinajstić information content (AvgIpc) is 3.24. The summed E-state index contributed by atoms with van der Waals surface area (Å²) in [6.45, 7) is 1.18. The Kier molecular flexibility index (Phi) is 6.72. The molecule has 0 aliphatic heterocycles. The number of rotatable bonds is 7. The van der Waals surface area contributed by atoms with Gasteiger partial charge in [0, 0.05) is 5.69 Å². The molecule has 0 fully saturated rings. The fourth-order valence-electron chi connectivity index (χ4n) is 3.08. The number of ether oxygens (including phenoxy) is 1. The van der Waals surface area contributed by atoms with Crippen LogP contribution in [0.25, 0.3) is 11.0 Å². The molecule has 4 aromatic rings. The maximum atomic E-state index is 13.7. The van der Waals surface area contributed by atoms with Crippen LogP contribution < -0.4 is 10.0 Å². The predicted octanol–water partition coefficient (Wildman–Crippen LogP) is 3.07. The Hall–Kier alpha value is -4.66. The molecule has 0 saturated heterocycles. The van der Waals surface area contributed by atoms with E-state index in [1.54, 1.807) is 0 Å². The van der Waals surface area contributed by atoms with Gasteiger partial charge in [0.05, 0.1) is 16.1 Å². The van der Waals surface area contributed by atoms with E-state index in [9.17, 15) is 36.4 Å². The average molecular weight is 535 g/mol. The molecule has 0 saturated carbocycles. The maximum absolute atomic E-state index is 13.7. The second-order valence-corrected chi connectivity index (χ2v) is 9.25. The minimum atomic E-state index is -4.08. The molecule has 0 radical (unpaired) electrons. The zero-order valence-corrected chi connectivity index (χ0v) is 19.5. The fourth-order valence-corrected chi connectivity index (χ4v) is 4.16. The maximum Gasteiger partial charge on any atom is 0.338 e. The number of fused-ring (bicyclic) bond motifs is 1. The quantitative estimate of drug-likeness (QED) is 0.185. The lowest BCUT2D eigenvalue weighted by Gasteiger charge is -2.14. The first-order chi connectivity index (χ1) is 17.5. The standard InChI is InChI=1S/C22H16F3N5O6S/c1-11(21(31)26-17-9-7-15(23)19(24)20(17)25)36-22(32)12-2-4-13(5-3-12)28-37(34,35)14-6-8-16-18(10-14)30(33)29-27-16/h2-11,28,33H,1H3,(H,26,31). The number of benzene rings is 3. The molecular formula is C22H16F3N5O6S. The first kappa shape index (κ1) is 25.4. The second-order valence-electron chi connectivity index (χ2n) is 7.57. The van der Waals surface area contributed by atoms with Crippen LogP contribution in [0.2, 0.25) is 0 Å². The van der Waals surface area contributed by atoms with E-state index in [2.05, 4.69) is 15.0 Å². The van der Waals surface area contributed by atoms with Crippen molar-refractivity contribution in [1.82, 2.24) is 15.2 Å². The number of nitrogens with zero attached hydrogens (tertiary/aromatic N) is 3. The molecule has 4 rings (SSSR count). The Bertz CT molecular complexity index is 1630. The Labute approximate surface area is 206 Å². The number of carbonyl (C=O) groups excluding carboxylic acids is 2. The van der Waals surface area contributed by atoms with Crippen molar-refractivity contribution in [2.75, 3.05) is 10.0 Å². The van der Waals surface area contributed by atoms with Gasteiger partial charge in [0.25, 0.3) is 15.9 Å². The highest BCUT2D eigenvalue weighted by Gasteiger charge is 2.22. The normalized spacial score (nSPS) is 12.2. The Balaban J connectivity index is 1.40. The molecule has 15 heteroatoms. The van der Waals surface area contributed by atoms with Gasteiger partial charge in [0.1, 0.15) is 11.0 Å². The minimum absolute atomic E-state index is 0.0433. The van der Waals surface area contributed by atoms with Gasteiger partial charge in [0.2, 0.25) is 0 Å². The molecule has 37 heavy (non-hydrogen) atoms. The van der Waals surface area contributed by atoms with Crippen LogP contribution in [0.1, 0.15) is 17.3 Å². The van der Waals surface area contributed by atoms with E-state index >= 15 is 0 Å². The van der Waals surface area contributed by atoms with Gasteiger partial charge in [-0.1, -0.05) is 4.85 Å². The van der Waals surface area contributed by atoms with Crippen LogP contribution in [0.5, 0.6) is 0 Å². The number of hydrogen-bond donors (Lipinski definition) is 3. The summed E-state index contributed by atoms with van der Waals surface area (Å²) in [5.41, 5.74) is -0.235. The monoisotopic (exact) mass is 535 g/mol. The highest BCUT2D eigenvalue weighted by molar-refractivity contribution is 7.92. The topological polar surface area (TPSA) is 153 Å². The van der Waals surface area contributed by atoms with Gasteiger partial charge in [-0.2, -0.15) is 0 Å². The molecule has 0 bridgehead atoms. The molecular weight excluding hydrogens is 519 g/mol. The van der Waals surface area contributed by atoms with E-state index in [1.807, 2.05) is 5.32 Å². The van der Waals surface area contributed by atoms with Crippen molar-refractivity contribution < 1.29 is 41.1 Å². The van der Waals surface area contributed by atoms with Gasteiger partial charge in [0.15, 0.2) is 23.6 Å². The largest absolute Gasteiger partial charge is 0.449 e. The fraction of sp³-hybridized carbons (Fsp3) is 0.0909. The third kappa shape index (κ3) is 5.30. The van der Waals surface area contributed by atoms with Gasteiger partial charge < -0.3 is 15.3 Å². The molecule has 1 amide bonds. The highest BCUT2D eigenvalue weighted by atomic mass is 32.2. The van der Waals surface area contributed by atoms with Crippen LogP contribution >= 0.6 is 0 Å². The van der Waals surface area contributed by atoms with E-state index in [4.69, 9.17) is 4.74 Å². The van der Waals surface area contributed by atoms with Crippen LogP contribution in [0.15, 0.2) is 59.5 Å². The number of anilines is 2. The molecule has 192 valence electrons. The highest BCUT2D eigenvalue weighted by Crippen LogP contribution is 2.22. The van der Waals surface area contributed by atoms with Crippen molar-refractivity contribution in [1.29, 1.82) is 0 Å². The number of halogens is 3. The molecule has 0 spiro atoms. The van der Waals surface area contributed by atoms with Crippen molar-refractivity contribution in [2.45, 2.75) is 17.9 Å². The van der Waals surface area contributed by atoms with Gasteiger partial charge in [-0.15, -0.1) is 5.10 Å². The smallest absolute Gasteiger partial charge is 0.338 e. The number of nitrogens with one attached hydrogen (secondary N) is 2. The zero-order valence-electron chi connectivity index (χ0n) is 18.6. The van der Waals surface area contributed by atoms with E-state index in [0.29, 0.717) is 10.9 Å². The van der Waals surface area contributed by atoms with Crippen molar-refractivity contribution in [3.63, 3.8) is 0 Å². The molecule has 3 aromatic carbocycles. The van der Waals surface area contributed by atoms with Gasteiger partial charge in [-0.25, -0.2) is 26.4 Å². The predicted molar refractivity (Wildman–Crippen MR) is 122 cm³/mol. The van der Waals surface area contributed by atoms with Crippen molar-refractivity contribution >= 4 is 44.3 Å². The Morgan fingerprint density at radius 2 is 1.73 bits per heavy atom. The lowest BCUT2D eigenvalue weighted by Crippen LogP contribution is -2.30. The molecule has 1 heterocycles. The van der Waals surface area contributed by atoms with Crippen LogP contribution in [0.3, 0.4) is 0 Å². The molecule has 1 aromatic heterocycles. The summed E-state index contributed by atoms with van der Waals surface area (Å²) >= 11 is 0. The van der Waals surface area contributed by atoms with E-state index < -0.39 is 51.1 Å². The minimum Gasteiger partial charge on any atom is -0.449 e. The second kappa shape index (κ2) is 9.77. The van der Waals surface area contributed by atoms with E-state index in [1.165, 1.54) is 49.4 Å². The lowest BCUT2D eigenvalue weighted by atomic mass is 10.2. The molecule has 0 aliphatic carbocycles. The molecule has 0 aliphatic rings. The summed E-state index contributed by atoms with van der Waals surface area (Å²) in [6.07, 6.45) is -1.44. The van der Waals surface area contributed by atoms with Gasteiger partial charge in [-0.05, 0) is 66.7 Å². The number of esters is 1. The SMILES string of the molecule is CC(OC(=O)c1ccc(NS(=O)(=O)c2ccc3nnn(O)c3c2)cc1)C(=O)Nc1ccc(F)c(F)c1F. The van der Waals surface area contributed by atoms with E-state index in [-0.39, 0.29) is 27.2 Å². The third-order valence-corrected chi connectivity index (χ3v) is 6.41. The molecule has 11 nitrogen and oxygen atoms in total. The van der Waals surface area contributed by atoms with Gasteiger partial charge >= 0.3 is 5.97 Å². The molecule has 1 atom stereocenters. The Morgan fingerprint density at radius 3 is 2.43 bits per heavy atom. The number of aromatic nitrogens is 3. The Morgan fingerprint density at radius 1 is 1.03 bits per heavy atom. The summed E-state index contributed by atoms with van der Waals surface area (Å²) in [7, 11) is -4.08. The van der Waals surface area contributed by atoms with E-state index in [0.717, 1.165) is 6.07 Å². The number of carbonyl (C=O) groups is 2. The first-order valence-electron chi connectivity index (χ1n) is 10.3. The number of amides is 1. The summed E-state index contributed by atoms with van der Waals surface area (Å²) in [5.74, 6) is -6.77. The lowest BCUT2D eigenvalue weighted by molar-refractivity contribution is -0.123. The number of sulfonamides is 1. The van der Waals surface area contributed by atoms with Crippen molar-refractivity contribution in [3.05, 3.63) is 77.6 Å². The van der Waals surface area contributed by atoms with Crippen molar-refractivity contribution in [3.8, 4) is 0 Å². The van der Waals surface area contributed by atoms with Gasteiger partial charge in [-0.3, -0.25) is 9.52 Å². The van der Waals surface area contributed by atoms with Crippen LogP contribution in [-0.4, -0.2) is 46.8 Å². The molecule has 1 unspecified atom stereocenters. The van der Waals surface area contributed by atoms with Crippen LogP contribution in [0.4, 0.5) is 24.5 Å². The summed E-state index contributed by atoms with van der Waals surface area (Å²) in [6, 6.07) is 10.2. The van der Waals surface area contributed by atoms with Crippen molar-refractivity contribution in [2.24, 2.45) is 0 Å². The molecule has 3 N–H and O–H groups in total. The first-order valence-corrected chi connectivity index (χ1v) is 11.8. The number of hydrogen-bond acceptors (Lipinski definition) is 8. The van der Waals surface area contributed by atoms with Crippen LogP contribution in [0, 0.1) is 17.5 Å².